The molecule has 0 saturated heterocycles. The highest BCUT2D eigenvalue weighted by atomic mass is 32.1. The number of carboxylic acid groups (broad SMARTS) is 1. The first-order valence-electron chi connectivity index (χ1n) is 4.44. The minimum Gasteiger partial charge on any atom is -0.476 e. The molecule has 3 nitrogen and oxygen atoms in total. The highest BCUT2D eigenvalue weighted by molar-refractivity contribution is 7.11. The largest absolute Gasteiger partial charge is 0.476 e. The fourth-order valence-corrected chi connectivity index (χ4v) is 1.91. The summed E-state index contributed by atoms with van der Waals surface area (Å²) in [6, 6.07) is 0.425. The molecule has 0 aliphatic carbocycles. The number of thiazole rings is 1. The van der Waals surface area contributed by atoms with Crippen LogP contribution in [-0.2, 0) is 0 Å². The number of aromatic nitrogens is 1. The molecule has 18 heavy (non-hydrogen) atoms. The van der Waals surface area contributed by atoms with Gasteiger partial charge < -0.3 is 5.11 Å². The molecule has 1 heterocycles. The van der Waals surface area contributed by atoms with E-state index in [9.17, 15) is 22.4 Å². The van der Waals surface area contributed by atoms with Crippen LogP contribution in [0.3, 0.4) is 0 Å². The van der Waals surface area contributed by atoms with E-state index in [1.54, 1.807) is 0 Å². The maximum absolute atomic E-state index is 13.4. The summed E-state index contributed by atoms with van der Waals surface area (Å²) in [4.78, 5) is 14.0. The van der Waals surface area contributed by atoms with Gasteiger partial charge in [-0.2, -0.15) is 0 Å². The van der Waals surface area contributed by atoms with Crippen LogP contribution in [0.15, 0.2) is 11.4 Å². The van der Waals surface area contributed by atoms with E-state index in [-0.39, 0.29) is 10.7 Å². The molecule has 2 aromatic rings. The minimum absolute atomic E-state index is 0.271. The Morgan fingerprint density at radius 3 is 2.39 bits per heavy atom. The lowest BCUT2D eigenvalue weighted by Gasteiger charge is -2.02. The molecule has 1 aromatic heterocycles. The SMILES string of the molecule is O=C(O)c1nc(-c2cc(F)c(F)c(F)c2F)cs1. The van der Waals surface area contributed by atoms with Gasteiger partial charge in [-0.3, -0.25) is 0 Å². The molecule has 0 unspecified atom stereocenters. The lowest BCUT2D eigenvalue weighted by Crippen LogP contribution is -1.99. The molecule has 0 amide bonds. The molecule has 2 rings (SSSR count). The number of aromatic carboxylic acids is 1. The van der Waals surface area contributed by atoms with Gasteiger partial charge in [0.15, 0.2) is 23.3 Å². The first-order valence-corrected chi connectivity index (χ1v) is 5.32. The summed E-state index contributed by atoms with van der Waals surface area (Å²) in [6.45, 7) is 0. The smallest absolute Gasteiger partial charge is 0.365 e. The molecule has 0 saturated carbocycles. The third-order valence-corrected chi connectivity index (χ3v) is 2.90. The molecule has 0 radical (unpaired) electrons. The molecule has 8 heteroatoms. The standard InChI is InChI=1S/C10H3F4NO2S/c11-4-1-3(6(12)8(14)7(4)13)5-2-18-9(15-5)10(16)17/h1-2H,(H,16,17). The van der Waals surface area contributed by atoms with Crippen LogP contribution in [0.4, 0.5) is 17.6 Å². The lowest BCUT2D eigenvalue weighted by molar-refractivity contribution is 0.0696. The van der Waals surface area contributed by atoms with Crippen molar-refractivity contribution in [3.8, 4) is 11.3 Å². The molecule has 0 spiro atoms. The summed E-state index contributed by atoms with van der Waals surface area (Å²) >= 11 is 0.661. The average molecular weight is 277 g/mol. The van der Waals surface area contributed by atoms with E-state index >= 15 is 0 Å². The Hall–Kier alpha value is -1.96. The summed E-state index contributed by atoms with van der Waals surface area (Å²) in [5.74, 6) is -8.43. The van der Waals surface area contributed by atoms with Crippen molar-refractivity contribution in [1.82, 2.24) is 4.98 Å². The summed E-state index contributed by atoms with van der Waals surface area (Å²) < 4.78 is 52.0. The first kappa shape index (κ1) is 12.5. The lowest BCUT2D eigenvalue weighted by atomic mass is 10.1. The fraction of sp³-hybridized carbons (Fsp3) is 0. The minimum atomic E-state index is -1.96. The van der Waals surface area contributed by atoms with Gasteiger partial charge in [0.25, 0.3) is 0 Å². The van der Waals surface area contributed by atoms with Crippen molar-refractivity contribution in [2.75, 3.05) is 0 Å². The van der Waals surface area contributed by atoms with Crippen LogP contribution in [0.5, 0.6) is 0 Å². The number of benzene rings is 1. The summed E-state index contributed by atoms with van der Waals surface area (Å²) in [5, 5.41) is 9.36. The van der Waals surface area contributed by atoms with Crippen LogP contribution < -0.4 is 0 Å². The Labute approximate surface area is 101 Å². The monoisotopic (exact) mass is 277 g/mol. The van der Waals surface area contributed by atoms with Gasteiger partial charge in [-0.1, -0.05) is 0 Å². The van der Waals surface area contributed by atoms with Crippen LogP contribution in [0, 0.1) is 23.3 Å². The van der Waals surface area contributed by atoms with E-state index in [1.807, 2.05) is 0 Å². The zero-order valence-corrected chi connectivity index (χ0v) is 9.19. The van der Waals surface area contributed by atoms with E-state index in [0.29, 0.717) is 17.4 Å². The van der Waals surface area contributed by atoms with Crippen molar-refractivity contribution in [2.24, 2.45) is 0 Å². The second kappa shape index (κ2) is 4.37. The first-order chi connectivity index (χ1) is 8.41. The molecule has 0 fully saturated rings. The van der Waals surface area contributed by atoms with Crippen molar-refractivity contribution in [2.45, 2.75) is 0 Å². The van der Waals surface area contributed by atoms with Crippen LogP contribution >= 0.6 is 11.3 Å². The van der Waals surface area contributed by atoms with Crippen molar-refractivity contribution in [3.63, 3.8) is 0 Å². The predicted octanol–water partition coefficient (Wildman–Crippen LogP) is 3.06. The van der Waals surface area contributed by atoms with Crippen LogP contribution in [0.1, 0.15) is 9.80 Å². The van der Waals surface area contributed by atoms with Crippen molar-refractivity contribution >= 4 is 17.3 Å². The summed E-state index contributed by atoms with van der Waals surface area (Å²) in [7, 11) is 0. The predicted molar refractivity (Wildman–Crippen MR) is 54.3 cm³/mol. The van der Waals surface area contributed by atoms with Crippen molar-refractivity contribution in [3.05, 3.63) is 39.7 Å². The molecule has 0 bridgehead atoms. The van der Waals surface area contributed by atoms with Crippen molar-refractivity contribution in [1.29, 1.82) is 0 Å². The molecular formula is C10H3F4NO2S. The normalized spacial score (nSPS) is 10.7. The second-order valence-corrected chi connectivity index (χ2v) is 4.05. The molecular weight excluding hydrogens is 274 g/mol. The Bertz CT molecular complexity index is 641. The third-order valence-electron chi connectivity index (χ3n) is 2.07. The van der Waals surface area contributed by atoms with Gasteiger partial charge in [0.05, 0.1) is 5.69 Å². The van der Waals surface area contributed by atoms with Gasteiger partial charge in [0.1, 0.15) is 0 Å². The Kier molecular flexibility index (Phi) is 3.04. The van der Waals surface area contributed by atoms with Gasteiger partial charge in [0.2, 0.25) is 5.01 Å². The van der Waals surface area contributed by atoms with Crippen molar-refractivity contribution < 1.29 is 27.5 Å². The summed E-state index contributed by atoms with van der Waals surface area (Å²) in [6.07, 6.45) is 0. The molecule has 1 aromatic carbocycles. The highest BCUT2D eigenvalue weighted by Gasteiger charge is 2.22. The summed E-state index contributed by atoms with van der Waals surface area (Å²) in [5.41, 5.74) is -0.900. The van der Waals surface area contributed by atoms with E-state index in [1.165, 1.54) is 0 Å². The van der Waals surface area contributed by atoms with Crippen LogP contribution in [-0.4, -0.2) is 16.1 Å². The topological polar surface area (TPSA) is 50.2 Å². The van der Waals surface area contributed by atoms with Gasteiger partial charge >= 0.3 is 5.97 Å². The number of carbonyl (C=O) groups is 1. The highest BCUT2D eigenvalue weighted by Crippen LogP contribution is 2.28. The number of rotatable bonds is 2. The number of nitrogens with zero attached hydrogens (tertiary/aromatic N) is 1. The number of halogens is 4. The number of hydrogen-bond donors (Lipinski definition) is 1. The zero-order valence-electron chi connectivity index (χ0n) is 8.38. The molecule has 0 aliphatic rings. The Balaban J connectivity index is 2.60. The molecule has 1 N–H and O–H groups in total. The van der Waals surface area contributed by atoms with Crippen LogP contribution in [0.25, 0.3) is 11.3 Å². The number of hydrogen-bond acceptors (Lipinski definition) is 3. The van der Waals surface area contributed by atoms with E-state index < -0.39 is 34.8 Å². The van der Waals surface area contributed by atoms with E-state index in [0.717, 1.165) is 5.38 Å². The van der Waals surface area contributed by atoms with E-state index in [2.05, 4.69) is 4.98 Å². The maximum Gasteiger partial charge on any atom is 0.365 e. The average Bonchev–Trinajstić information content (AvgIpc) is 2.80. The molecule has 0 aliphatic heterocycles. The Morgan fingerprint density at radius 2 is 1.83 bits per heavy atom. The quantitative estimate of drug-likeness (QED) is 0.521. The van der Waals surface area contributed by atoms with Crippen LogP contribution in [0.2, 0.25) is 0 Å². The molecule has 94 valence electrons. The van der Waals surface area contributed by atoms with Gasteiger partial charge in [-0.05, 0) is 6.07 Å². The zero-order chi connectivity index (χ0) is 13.4. The maximum atomic E-state index is 13.4. The van der Waals surface area contributed by atoms with Gasteiger partial charge in [-0.25, -0.2) is 27.3 Å². The fourth-order valence-electron chi connectivity index (χ4n) is 1.25. The Morgan fingerprint density at radius 1 is 1.17 bits per heavy atom. The van der Waals surface area contributed by atoms with Gasteiger partial charge in [-0.15, -0.1) is 11.3 Å². The van der Waals surface area contributed by atoms with E-state index in [4.69, 9.17) is 5.11 Å². The third kappa shape index (κ3) is 1.94. The second-order valence-electron chi connectivity index (χ2n) is 3.19. The number of carboxylic acids is 1. The molecule has 0 atom stereocenters. The van der Waals surface area contributed by atoms with Gasteiger partial charge in [0, 0.05) is 10.9 Å².